The molecule has 1 fully saturated rings. The summed E-state index contributed by atoms with van der Waals surface area (Å²) in [5.74, 6) is 0.763. The van der Waals surface area contributed by atoms with Gasteiger partial charge >= 0.3 is 6.03 Å². The lowest BCUT2D eigenvalue weighted by molar-refractivity contribution is 0.178. The van der Waals surface area contributed by atoms with E-state index in [1.54, 1.807) is 24.1 Å². The maximum absolute atomic E-state index is 12.1. The van der Waals surface area contributed by atoms with E-state index in [0.29, 0.717) is 18.7 Å². The number of nitrogens with one attached hydrogen (secondary N) is 1. The highest BCUT2D eigenvalue weighted by Crippen LogP contribution is 2.14. The van der Waals surface area contributed by atoms with Crippen LogP contribution in [-0.2, 0) is 6.54 Å². The number of hydrogen-bond acceptors (Lipinski definition) is 3. The zero-order chi connectivity index (χ0) is 16.7. The fourth-order valence-electron chi connectivity index (χ4n) is 2.98. The number of carbonyl (C=O) groups is 1. The summed E-state index contributed by atoms with van der Waals surface area (Å²) in [6.45, 7) is 6.71. The largest absolute Gasteiger partial charge is 0.337 e. The predicted octanol–water partition coefficient (Wildman–Crippen LogP) is 2.43. The molecule has 1 N–H and O–H groups in total. The number of piperidine rings is 1. The zero-order valence-electron chi connectivity index (χ0n) is 14.1. The van der Waals surface area contributed by atoms with Crippen LogP contribution in [0.1, 0.15) is 30.9 Å². The number of nitriles is 1. The molecule has 0 aliphatic carbocycles. The molecule has 0 bridgehead atoms. The maximum Gasteiger partial charge on any atom is 0.317 e. The summed E-state index contributed by atoms with van der Waals surface area (Å²) < 4.78 is 0. The van der Waals surface area contributed by atoms with Gasteiger partial charge in [-0.25, -0.2) is 4.79 Å². The van der Waals surface area contributed by atoms with Crippen LogP contribution in [0.3, 0.4) is 0 Å². The number of amides is 2. The third-order valence-electron chi connectivity index (χ3n) is 4.29. The zero-order valence-corrected chi connectivity index (χ0v) is 14.1. The molecule has 1 aromatic rings. The third kappa shape index (κ3) is 5.57. The Morgan fingerprint density at radius 1 is 1.43 bits per heavy atom. The Bertz CT molecular complexity index is 549. The summed E-state index contributed by atoms with van der Waals surface area (Å²) in [5.41, 5.74) is 1.66. The van der Waals surface area contributed by atoms with Gasteiger partial charge in [0.25, 0.3) is 0 Å². The van der Waals surface area contributed by atoms with Gasteiger partial charge in [0, 0.05) is 33.2 Å². The van der Waals surface area contributed by atoms with E-state index in [4.69, 9.17) is 5.26 Å². The van der Waals surface area contributed by atoms with Crippen molar-refractivity contribution in [2.24, 2.45) is 5.92 Å². The molecule has 1 unspecified atom stereocenters. The van der Waals surface area contributed by atoms with Crippen LogP contribution in [0, 0.1) is 17.2 Å². The Labute approximate surface area is 138 Å². The number of likely N-dealkylation sites (tertiary alicyclic amines) is 1. The van der Waals surface area contributed by atoms with Crippen LogP contribution in [0.4, 0.5) is 4.79 Å². The minimum atomic E-state index is -0.0561. The van der Waals surface area contributed by atoms with Gasteiger partial charge in [-0.3, -0.25) is 0 Å². The predicted molar refractivity (Wildman–Crippen MR) is 90.9 cm³/mol. The van der Waals surface area contributed by atoms with E-state index >= 15 is 0 Å². The van der Waals surface area contributed by atoms with Crippen molar-refractivity contribution < 1.29 is 4.79 Å². The van der Waals surface area contributed by atoms with Gasteiger partial charge in [-0.15, -0.1) is 0 Å². The first kappa shape index (κ1) is 17.3. The van der Waals surface area contributed by atoms with Crippen LogP contribution >= 0.6 is 0 Å². The van der Waals surface area contributed by atoms with Crippen molar-refractivity contribution in [3.63, 3.8) is 0 Å². The molecule has 1 atom stereocenters. The molecular formula is C18H26N4O. The van der Waals surface area contributed by atoms with E-state index < -0.39 is 0 Å². The topological polar surface area (TPSA) is 59.4 Å². The van der Waals surface area contributed by atoms with Crippen molar-refractivity contribution in [3.8, 4) is 6.07 Å². The molecule has 0 spiro atoms. The number of benzene rings is 1. The van der Waals surface area contributed by atoms with Crippen molar-refractivity contribution in [1.82, 2.24) is 15.1 Å². The maximum atomic E-state index is 12.1. The first-order valence-corrected chi connectivity index (χ1v) is 8.29. The molecular weight excluding hydrogens is 288 g/mol. The second-order valence-corrected chi connectivity index (χ2v) is 6.44. The first-order valence-electron chi connectivity index (χ1n) is 8.29. The van der Waals surface area contributed by atoms with E-state index in [-0.39, 0.29) is 6.03 Å². The lowest BCUT2D eigenvalue weighted by Gasteiger charge is -2.31. The molecule has 1 aromatic carbocycles. The Hall–Kier alpha value is -2.06. The molecule has 23 heavy (non-hydrogen) atoms. The molecule has 0 radical (unpaired) electrons. The van der Waals surface area contributed by atoms with Crippen LogP contribution in [0.15, 0.2) is 24.3 Å². The number of urea groups is 1. The summed E-state index contributed by atoms with van der Waals surface area (Å²) in [6, 6.07) is 9.36. The molecule has 0 aromatic heterocycles. The number of carbonyl (C=O) groups excluding carboxylic acids is 1. The van der Waals surface area contributed by atoms with Crippen LogP contribution in [0.2, 0.25) is 0 Å². The van der Waals surface area contributed by atoms with Gasteiger partial charge in [0.1, 0.15) is 0 Å². The van der Waals surface area contributed by atoms with Gasteiger partial charge < -0.3 is 15.1 Å². The summed E-state index contributed by atoms with van der Waals surface area (Å²) in [5, 5.41) is 11.8. The second-order valence-electron chi connectivity index (χ2n) is 6.44. The van der Waals surface area contributed by atoms with E-state index in [1.165, 1.54) is 12.8 Å². The summed E-state index contributed by atoms with van der Waals surface area (Å²) in [6.07, 6.45) is 2.57. The molecule has 2 amide bonds. The Morgan fingerprint density at radius 3 is 2.83 bits per heavy atom. The van der Waals surface area contributed by atoms with Crippen LogP contribution in [0.25, 0.3) is 0 Å². The summed E-state index contributed by atoms with van der Waals surface area (Å²) >= 11 is 0. The van der Waals surface area contributed by atoms with E-state index in [2.05, 4.69) is 23.2 Å². The van der Waals surface area contributed by atoms with E-state index in [0.717, 1.165) is 31.1 Å². The van der Waals surface area contributed by atoms with Gasteiger partial charge in [0.2, 0.25) is 0 Å². The highest BCUT2D eigenvalue weighted by molar-refractivity contribution is 5.73. The number of nitrogens with zero attached hydrogens (tertiary/aromatic N) is 3. The van der Waals surface area contributed by atoms with Crippen LogP contribution in [0.5, 0.6) is 0 Å². The first-order chi connectivity index (χ1) is 11.1. The quantitative estimate of drug-likeness (QED) is 0.908. The standard InChI is InChI=1S/C18H26N4O/c1-15-4-3-10-22(13-15)11-9-20-18(23)21(2)14-17-7-5-16(12-19)6-8-17/h5-8,15H,3-4,9-11,13-14H2,1-2H3,(H,20,23). The van der Waals surface area contributed by atoms with Gasteiger partial charge in [-0.1, -0.05) is 19.1 Å². The molecule has 1 aliphatic heterocycles. The molecule has 0 saturated carbocycles. The fourth-order valence-corrected chi connectivity index (χ4v) is 2.98. The van der Waals surface area contributed by atoms with Gasteiger partial charge in [0.05, 0.1) is 11.6 Å². The van der Waals surface area contributed by atoms with E-state index in [9.17, 15) is 4.79 Å². The third-order valence-corrected chi connectivity index (χ3v) is 4.29. The molecule has 1 aliphatic rings. The van der Waals surface area contributed by atoms with Gasteiger partial charge in [-0.05, 0) is 43.0 Å². The smallest absolute Gasteiger partial charge is 0.317 e. The van der Waals surface area contributed by atoms with E-state index in [1.807, 2.05) is 12.1 Å². The number of hydrogen-bond donors (Lipinski definition) is 1. The van der Waals surface area contributed by atoms with Crippen molar-refractivity contribution in [2.45, 2.75) is 26.3 Å². The fraction of sp³-hybridized carbons (Fsp3) is 0.556. The Balaban J connectivity index is 1.71. The van der Waals surface area contributed by atoms with Crippen molar-refractivity contribution in [3.05, 3.63) is 35.4 Å². The monoisotopic (exact) mass is 314 g/mol. The minimum absolute atomic E-state index is 0.0561. The van der Waals surface area contributed by atoms with Crippen molar-refractivity contribution >= 4 is 6.03 Å². The Kier molecular flexibility index (Phi) is 6.42. The van der Waals surface area contributed by atoms with Crippen LogP contribution in [-0.4, -0.2) is 49.1 Å². The highest BCUT2D eigenvalue weighted by Gasteiger charge is 2.16. The molecule has 124 valence electrons. The molecule has 5 heteroatoms. The van der Waals surface area contributed by atoms with Crippen LogP contribution < -0.4 is 5.32 Å². The lowest BCUT2D eigenvalue weighted by Crippen LogP contribution is -2.43. The summed E-state index contributed by atoms with van der Waals surface area (Å²) in [4.78, 5) is 16.2. The minimum Gasteiger partial charge on any atom is -0.337 e. The molecule has 1 heterocycles. The summed E-state index contributed by atoms with van der Waals surface area (Å²) in [7, 11) is 1.79. The average Bonchev–Trinajstić information content (AvgIpc) is 2.55. The normalized spacial score (nSPS) is 18.2. The van der Waals surface area contributed by atoms with Crippen molar-refractivity contribution in [1.29, 1.82) is 5.26 Å². The average molecular weight is 314 g/mol. The number of rotatable bonds is 5. The molecule has 5 nitrogen and oxygen atoms in total. The van der Waals surface area contributed by atoms with Crippen molar-refractivity contribution in [2.75, 3.05) is 33.2 Å². The molecule has 2 rings (SSSR count). The second kappa shape index (κ2) is 8.54. The SMILES string of the molecule is CC1CCCN(CCNC(=O)N(C)Cc2ccc(C#N)cc2)C1. The van der Waals surface area contributed by atoms with Gasteiger partial charge in [0.15, 0.2) is 0 Å². The highest BCUT2D eigenvalue weighted by atomic mass is 16.2. The van der Waals surface area contributed by atoms with Gasteiger partial charge in [-0.2, -0.15) is 5.26 Å². The molecule has 1 saturated heterocycles. The Morgan fingerprint density at radius 2 is 2.17 bits per heavy atom. The lowest BCUT2D eigenvalue weighted by atomic mass is 10.0.